The van der Waals surface area contributed by atoms with Crippen molar-refractivity contribution < 1.29 is 70.9 Å². The maximum absolute atomic E-state index is 16.0. The van der Waals surface area contributed by atoms with E-state index in [4.69, 9.17) is 47.2 Å². The largest absolute Gasteiger partial charge is 0.491 e. The fourth-order valence-electron chi connectivity index (χ4n) is 13.3. The molecule has 3 unspecified atom stereocenters. The van der Waals surface area contributed by atoms with Gasteiger partial charge in [-0.05, 0) is 118 Å². The van der Waals surface area contributed by atoms with Crippen LogP contribution < -0.4 is 45.3 Å². The molecule has 10 heterocycles. The molecule has 13 rings (SSSR count). The lowest BCUT2D eigenvalue weighted by Gasteiger charge is -2.34. The molecule has 107 heavy (non-hydrogen) atoms. The Morgan fingerprint density at radius 1 is 0.579 bits per heavy atom. The highest BCUT2D eigenvalue weighted by Gasteiger charge is 2.45. The fourth-order valence-corrected chi connectivity index (χ4v) is 13.3. The number of nitrogens with one attached hydrogen (secondary N) is 4. The third-order valence-corrected chi connectivity index (χ3v) is 18.7. The summed E-state index contributed by atoms with van der Waals surface area (Å²) in [6, 6.07) is 24.3. The molecule has 4 fully saturated rings. The monoisotopic (exact) mass is 1480 g/mol. The van der Waals surface area contributed by atoms with Crippen LogP contribution in [-0.2, 0) is 14.3 Å². The Morgan fingerprint density at radius 3 is 1.49 bits per heavy atom. The predicted molar refractivity (Wildman–Crippen MR) is 394 cm³/mol. The first-order valence-electron chi connectivity index (χ1n) is 35.6. The predicted octanol–water partition coefficient (Wildman–Crippen LogP) is 7.69. The van der Waals surface area contributed by atoms with Gasteiger partial charge in [0.25, 0.3) is 0 Å². The van der Waals surface area contributed by atoms with Crippen LogP contribution in [0.2, 0.25) is 0 Å². The number of aliphatic hydroxyl groups is 3. The number of hydrogen-bond donors (Lipinski definition) is 7. The van der Waals surface area contributed by atoms with E-state index in [0.717, 1.165) is 54.1 Å². The van der Waals surface area contributed by atoms with Crippen molar-refractivity contribution in [3.8, 4) is 85.2 Å². The normalized spacial score (nSPS) is 16.5. The average Bonchev–Trinajstić information content (AvgIpc) is 1.73. The summed E-state index contributed by atoms with van der Waals surface area (Å²) in [5.74, 6) is 4.59. The highest BCUT2D eigenvalue weighted by molar-refractivity contribution is 5.77. The van der Waals surface area contributed by atoms with Gasteiger partial charge in [0.15, 0.2) is 40.7 Å². The fraction of sp³-hybridized carbons (Fsp3) is 0.453. The molecule has 30 nitrogen and oxygen atoms in total. The summed E-state index contributed by atoms with van der Waals surface area (Å²) in [6.07, 6.45) is 0.128. The average molecular weight is 1480 g/mol. The third kappa shape index (κ3) is 18.9. The second-order valence-electron chi connectivity index (χ2n) is 26.6. The van der Waals surface area contributed by atoms with Gasteiger partial charge in [0.05, 0.1) is 58.7 Å². The summed E-state index contributed by atoms with van der Waals surface area (Å²) in [5.41, 5.74) is 6.71. The van der Waals surface area contributed by atoms with Gasteiger partial charge in [-0.25, -0.2) is 43.5 Å². The number of likely N-dealkylation sites (N-methyl/N-ethyl adjacent to an activating group) is 3. The van der Waals surface area contributed by atoms with Crippen LogP contribution in [0.1, 0.15) is 60.5 Å². The van der Waals surface area contributed by atoms with Gasteiger partial charge in [0.2, 0.25) is 5.91 Å². The number of piperazine rings is 2. The molecule has 5 atom stereocenters. The molecule has 0 radical (unpaired) electrons. The van der Waals surface area contributed by atoms with Crippen LogP contribution in [0.3, 0.4) is 0 Å². The van der Waals surface area contributed by atoms with Crippen LogP contribution in [-0.4, -0.2) is 239 Å². The number of carbonyl (C=O) groups excluding carboxylic acids is 2. The summed E-state index contributed by atoms with van der Waals surface area (Å²) in [5, 5.41) is 53.9. The Kier molecular flexibility index (Phi) is 26.0. The number of carbonyl (C=O) groups is 2. The number of halogens is 2. The molecule has 9 aromatic rings. The van der Waals surface area contributed by atoms with Gasteiger partial charge in [-0.2, -0.15) is 0 Å². The Morgan fingerprint density at radius 2 is 1.05 bits per heavy atom. The Balaban J connectivity index is 0.000000160. The zero-order valence-corrected chi connectivity index (χ0v) is 62.0. The lowest BCUT2D eigenvalue weighted by Crippen LogP contribution is -2.49. The second kappa shape index (κ2) is 35.8. The van der Waals surface area contributed by atoms with E-state index in [0.29, 0.717) is 151 Å². The SMILES string of the molecule is CNCC(O)COc1cccc(-c2nc(-c3c(C)noc3C)c(F)c(N3CCN(C(=O)OC)CC3)n2)c1.CNCC(O)COc1cccc(-c2nc(-c3c(C)noc3C)cc(N3C[C@@H]4C[C@H]3CN4C(C)=O)n2)c1.CNCC(O)COc1cccc(-c2nc(NC3CCOCC3)c(F)c(-c3c(C)noc3C)n2)c1. The molecule has 570 valence electrons. The molecule has 4 aliphatic heterocycles. The molecule has 32 heteroatoms. The number of rotatable bonds is 25. The van der Waals surface area contributed by atoms with E-state index in [9.17, 15) is 24.9 Å². The number of likely N-dealkylation sites (tertiary alicyclic amines) is 1. The van der Waals surface area contributed by atoms with Crippen LogP contribution in [0.25, 0.3) is 67.9 Å². The minimum atomic E-state index is -0.669. The Labute approximate surface area is 618 Å². The van der Waals surface area contributed by atoms with Crippen molar-refractivity contribution in [2.45, 2.75) is 104 Å². The second-order valence-corrected chi connectivity index (χ2v) is 26.6. The summed E-state index contributed by atoms with van der Waals surface area (Å²) in [6.45, 7) is 18.2. The van der Waals surface area contributed by atoms with Crippen molar-refractivity contribution in [1.29, 1.82) is 0 Å². The summed E-state index contributed by atoms with van der Waals surface area (Å²) < 4.78 is 75.1. The van der Waals surface area contributed by atoms with Gasteiger partial charge >= 0.3 is 6.09 Å². The number of amides is 2. The molecule has 2 amide bonds. The van der Waals surface area contributed by atoms with Crippen molar-refractivity contribution in [3.05, 3.63) is 125 Å². The molecule has 3 aromatic carbocycles. The molecule has 0 aliphatic carbocycles. The summed E-state index contributed by atoms with van der Waals surface area (Å²) in [7, 11) is 6.63. The molecule has 2 bridgehead atoms. The standard InChI is InChI=1S/C26H32N6O4.C25H31FN6O5.C24H30FN5O4/c1-15-25(16(2)36-30-15)23-10-24(32-13-19-9-20(32)12-31(19)17(3)33)29-26(28-23)18-6-5-7-22(8-18)35-14-21(34)11-27-4;1-15-20(16(2)37-30-15)22-21(26)24(31-8-10-32(11-9-31)25(34)35-4)29-23(28-22)17-6-5-7-19(12-17)36-14-18(33)13-27-3;1-14-20(15(2)34-30-14)22-21(25)24(27-17-7-9-32-10-8-17)29-23(28-22)16-5-4-6-19(11-16)33-13-18(31)12-26-3/h5-8,10,19-21,27,34H,9,11-14H2,1-4H3;5-7,12,18,27,33H,8-11,13-14H2,1-4H3;4-6,11,17-18,26,31H,7-10,12-13H2,1-3H3,(H,27,28,29)/t19-,20-,21?;;/m0../s1. The van der Waals surface area contributed by atoms with E-state index in [-0.39, 0.29) is 66.9 Å². The Bertz CT molecular complexity index is 4450. The maximum Gasteiger partial charge on any atom is 0.409 e. The van der Waals surface area contributed by atoms with E-state index < -0.39 is 36.0 Å². The number of nitrogens with zero attached hydrogens (tertiary/aromatic N) is 13. The minimum absolute atomic E-state index is 0.0480. The zero-order valence-electron chi connectivity index (χ0n) is 62.0. The molecule has 0 spiro atoms. The van der Waals surface area contributed by atoms with Gasteiger partial charge in [-0.3, -0.25) is 4.79 Å². The molecule has 6 aromatic heterocycles. The van der Waals surface area contributed by atoms with Crippen molar-refractivity contribution in [2.24, 2.45) is 0 Å². The van der Waals surface area contributed by atoms with Crippen LogP contribution >= 0.6 is 0 Å². The van der Waals surface area contributed by atoms with E-state index in [1.165, 1.54) is 7.11 Å². The molecule has 4 saturated heterocycles. The van der Waals surface area contributed by atoms with Crippen molar-refractivity contribution >= 4 is 29.5 Å². The van der Waals surface area contributed by atoms with Crippen LogP contribution in [0.4, 0.5) is 31.0 Å². The lowest BCUT2D eigenvalue weighted by molar-refractivity contribution is -0.129. The number of benzene rings is 3. The van der Waals surface area contributed by atoms with Crippen LogP contribution in [0.15, 0.2) is 92.4 Å². The van der Waals surface area contributed by atoms with Gasteiger partial charge in [-0.1, -0.05) is 51.9 Å². The van der Waals surface area contributed by atoms with Gasteiger partial charge in [0, 0.05) is 108 Å². The number of hydrogen-bond acceptors (Lipinski definition) is 28. The highest BCUT2D eigenvalue weighted by Crippen LogP contribution is 2.40. The lowest BCUT2D eigenvalue weighted by atomic mass is 10.1. The zero-order chi connectivity index (χ0) is 76.0. The van der Waals surface area contributed by atoms with E-state index >= 15 is 8.78 Å². The molecule has 0 saturated carbocycles. The third-order valence-electron chi connectivity index (χ3n) is 18.7. The number of anilines is 3. The quantitative estimate of drug-likeness (QED) is 0.0288. The summed E-state index contributed by atoms with van der Waals surface area (Å²) in [4.78, 5) is 59.6. The van der Waals surface area contributed by atoms with Crippen molar-refractivity contribution in [2.75, 3.05) is 135 Å². The first kappa shape index (κ1) is 77.7. The number of methoxy groups -OCH3 is 1. The van der Waals surface area contributed by atoms with Gasteiger partial charge in [-0.15, -0.1) is 0 Å². The smallest absolute Gasteiger partial charge is 0.409 e. The first-order chi connectivity index (χ1) is 51.6. The number of fused-ring (bicyclic) bond motifs is 2. The number of aromatic nitrogens is 9. The molecule has 7 N–H and O–H groups in total. The molecule has 4 aliphatic rings. The number of aryl methyl sites for hydroxylation is 6. The highest BCUT2D eigenvalue weighted by atomic mass is 19.1. The van der Waals surface area contributed by atoms with E-state index in [2.05, 4.69) is 61.6 Å². The van der Waals surface area contributed by atoms with Crippen LogP contribution in [0.5, 0.6) is 17.2 Å². The molecular weight excluding hydrogens is 1380 g/mol. The summed E-state index contributed by atoms with van der Waals surface area (Å²) >= 11 is 0. The van der Waals surface area contributed by atoms with Gasteiger partial charge in [0.1, 0.15) is 89.9 Å². The first-order valence-corrected chi connectivity index (χ1v) is 35.6. The van der Waals surface area contributed by atoms with Crippen molar-refractivity contribution in [3.63, 3.8) is 0 Å². The molecular formula is C75H93F2N17O13. The van der Waals surface area contributed by atoms with E-state index in [1.54, 1.807) is 102 Å². The topological polar surface area (TPSA) is 357 Å². The minimum Gasteiger partial charge on any atom is -0.491 e. The van der Waals surface area contributed by atoms with Gasteiger partial charge < -0.3 is 93.4 Å². The van der Waals surface area contributed by atoms with E-state index in [1.807, 2.05) is 61.2 Å². The number of ether oxygens (including phenoxy) is 5. The van der Waals surface area contributed by atoms with Crippen molar-refractivity contribution in [1.82, 2.24) is 71.1 Å². The van der Waals surface area contributed by atoms with Crippen LogP contribution in [0, 0.1) is 53.2 Å². The maximum atomic E-state index is 16.0. The number of aliphatic hydroxyl groups excluding tert-OH is 3. The Hall–Kier alpha value is -10.4.